The molecule has 0 bridgehead atoms. The summed E-state index contributed by atoms with van der Waals surface area (Å²) in [5, 5.41) is 2.14. The van der Waals surface area contributed by atoms with Gasteiger partial charge in [0.25, 0.3) is 0 Å². The normalized spacial score (nSPS) is 10.8. The topological polar surface area (TPSA) is 38.9 Å². The van der Waals surface area contributed by atoms with E-state index in [1.807, 2.05) is 6.07 Å². The Bertz CT molecular complexity index is 760. The van der Waals surface area contributed by atoms with Crippen LogP contribution >= 0.6 is 0 Å². The highest BCUT2D eigenvalue weighted by atomic mass is 14.8. The second-order valence-corrected chi connectivity index (χ2v) is 4.95. The highest BCUT2D eigenvalue weighted by molar-refractivity contribution is 5.94. The minimum absolute atomic E-state index is 0.588. The first kappa shape index (κ1) is 11.7. The van der Waals surface area contributed by atoms with Crippen LogP contribution in [-0.4, -0.2) is 4.98 Å². The lowest BCUT2D eigenvalue weighted by atomic mass is 9.96. The molecular weight excluding hydrogens is 232 g/mol. The van der Waals surface area contributed by atoms with E-state index in [4.69, 9.17) is 5.73 Å². The quantitative estimate of drug-likeness (QED) is 0.704. The molecule has 3 rings (SSSR count). The number of pyridine rings is 1. The average molecular weight is 248 g/mol. The molecule has 2 nitrogen and oxygen atoms in total. The van der Waals surface area contributed by atoms with Gasteiger partial charge in [-0.2, -0.15) is 0 Å². The molecule has 2 heteroatoms. The number of nitrogen functional groups attached to an aromatic ring is 1. The number of rotatable bonds is 1. The van der Waals surface area contributed by atoms with E-state index in [1.165, 1.54) is 22.3 Å². The molecule has 0 aliphatic carbocycles. The van der Waals surface area contributed by atoms with Crippen molar-refractivity contribution in [1.82, 2.24) is 4.98 Å². The van der Waals surface area contributed by atoms with E-state index in [0.29, 0.717) is 5.82 Å². The maximum Gasteiger partial charge on any atom is 0.131 e. The lowest BCUT2D eigenvalue weighted by Gasteiger charge is -2.09. The van der Waals surface area contributed by atoms with Crippen molar-refractivity contribution in [2.45, 2.75) is 13.8 Å². The lowest BCUT2D eigenvalue weighted by Crippen LogP contribution is -1.91. The fraction of sp³-hybridized carbons (Fsp3) is 0.118. The molecule has 2 aromatic carbocycles. The Morgan fingerprint density at radius 3 is 2.63 bits per heavy atom. The highest BCUT2D eigenvalue weighted by Crippen LogP contribution is 2.29. The third-order valence-corrected chi connectivity index (χ3v) is 3.50. The Kier molecular flexibility index (Phi) is 2.71. The predicted molar refractivity (Wildman–Crippen MR) is 81.1 cm³/mol. The average Bonchev–Trinajstić information content (AvgIpc) is 2.42. The van der Waals surface area contributed by atoms with Crippen molar-refractivity contribution in [2.24, 2.45) is 0 Å². The summed E-state index contributed by atoms with van der Waals surface area (Å²) in [4.78, 5) is 4.16. The number of benzene rings is 2. The van der Waals surface area contributed by atoms with Gasteiger partial charge in [-0.3, -0.25) is 0 Å². The highest BCUT2D eigenvalue weighted by Gasteiger charge is 2.05. The van der Waals surface area contributed by atoms with Gasteiger partial charge in [-0.25, -0.2) is 4.98 Å². The minimum atomic E-state index is 0.588. The van der Waals surface area contributed by atoms with E-state index in [-0.39, 0.29) is 0 Å². The smallest absolute Gasteiger partial charge is 0.131 e. The molecule has 1 heterocycles. The Morgan fingerprint density at radius 2 is 1.79 bits per heavy atom. The molecule has 0 unspecified atom stereocenters. The number of hydrogen-bond acceptors (Lipinski definition) is 2. The Morgan fingerprint density at radius 1 is 0.947 bits per heavy atom. The monoisotopic (exact) mass is 248 g/mol. The summed E-state index contributed by atoms with van der Waals surface area (Å²) in [6.07, 6.45) is 1.75. The Balaban J connectivity index is 2.26. The van der Waals surface area contributed by atoms with Crippen LogP contribution in [0.3, 0.4) is 0 Å². The Hall–Kier alpha value is -2.35. The molecule has 0 fully saturated rings. The number of hydrogen-bond donors (Lipinski definition) is 1. The van der Waals surface area contributed by atoms with Crippen LogP contribution in [0.15, 0.2) is 48.7 Å². The van der Waals surface area contributed by atoms with E-state index < -0.39 is 0 Å². The molecule has 0 atom stereocenters. The van der Waals surface area contributed by atoms with Gasteiger partial charge in [0.1, 0.15) is 5.82 Å². The number of fused-ring (bicyclic) bond motifs is 1. The van der Waals surface area contributed by atoms with Crippen LogP contribution in [0.25, 0.3) is 21.9 Å². The third kappa shape index (κ3) is 2.06. The molecule has 94 valence electrons. The van der Waals surface area contributed by atoms with Crippen molar-refractivity contribution in [3.8, 4) is 11.1 Å². The molecule has 3 aromatic rings. The molecule has 0 radical (unpaired) electrons. The summed E-state index contributed by atoms with van der Waals surface area (Å²) in [7, 11) is 0. The van der Waals surface area contributed by atoms with Crippen molar-refractivity contribution in [2.75, 3.05) is 5.73 Å². The van der Waals surface area contributed by atoms with Gasteiger partial charge in [-0.1, -0.05) is 35.9 Å². The summed E-state index contributed by atoms with van der Waals surface area (Å²) >= 11 is 0. The van der Waals surface area contributed by atoms with Crippen LogP contribution in [0.2, 0.25) is 0 Å². The standard InChI is InChI=1S/C17H16N2/c1-11-3-4-12(2)15(9-11)14-6-5-13-7-8-19-17(18)16(13)10-14/h3-10H,1-2H3,(H2,18,19). The van der Waals surface area contributed by atoms with Crippen LogP contribution in [0.4, 0.5) is 5.82 Å². The maximum absolute atomic E-state index is 5.96. The summed E-state index contributed by atoms with van der Waals surface area (Å²) in [6, 6.07) is 14.9. The van der Waals surface area contributed by atoms with E-state index in [0.717, 1.165) is 10.8 Å². The molecular formula is C17H16N2. The van der Waals surface area contributed by atoms with Gasteiger partial charge in [0.15, 0.2) is 0 Å². The van der Waals surface area contributed by atoms with Gasteiger partial charge in [-0.05, 0) is 48.1 Å². The molecule has 0 saturated carbocycles. The van der Waals surface area contributed by atoms with Crippen LogP contribution in [0, 0.1) is 13.8 Å². The first-order chi connectivity index (χ1) is 9.15. The van der Waals surface area contributed by atoms with E-state index >= 15 is 0 Å². The molecule has 0 spiro atoms. The molecule has 0 aliphatic rings. The van der Waals surface area contributed by atoms with Crippen LogP contribution in [0.1, 0.15) is 11.1 Å². The second-order valence-electron chi connectivity index (χ2n) is 4.95. The van der Waals surface area contributed by atoms with E-state index in [2.05, 4.69) is 55.2 Å². The van der Waals surface area contributed by atoms with Crippen molar-refractivity contribution >= 4 is 16.6 Å². The number of nitrogens with zero attached hydrogens (tertiary/aromatic N) is 1. The van der Waals surface area contributed by atoms with Gasteiger partial charge in [0.2, 0.25) is 0 Å². The van der Waals surface area contributed by atoms with Crippen molar-refractivity contribution < 1.29 is 0 Å². The van der Waals surface area contributed by atoms with Crippen LogP contribution in [0.5, 0.6) is 0 Å². The minimum Gasteiger partial charge on any atom is -0.383 e. The predicted octanol–water partition coefficient (Wildman–Crippen LogP) is 4.10. The first-order valence-electron chi connectivity index (χ1n) is 6.37. The second kappa shape index (κ2) is 4.39. The van der Waals surface area contributed by atoms with Crippen LogP contribution < -0.4 is 5.73 Å². The molecule has 19 heavy (non-hydrogen) atoms. The summed E-state index contributed by atoms with van der Waals surface area (Å²) in [5.74, 6) is 0.588. The maximum atomic E-state index is 5.96. The zero-order chi connectivity index (χ0) is 13.4. The number of aryl methyl sites for hydroxylation is 2. The molecule has 0 saturated heterocycles. The number of anilines is 1. The molecule has 2 N–H and O–H groups in total. The SMILES string of the molecule is Cc1ccc(C)c(-c2ccc3ccnc(N)c3c2)c1. The largest absolute Gasteiger partial charge is 0.383 e. The number of nitrogens with two attached hydrogens (primary N) is 1. The summed E-state index contributed by atoms with van der Waals surface area (Å²) in [5.41, 5.74) is 10.9. The van der Waals surface area contributed by atoms with E-state index in [9.17, 15) is 0 Å². The fourth-order valence-corrected chi connectivity index (χ4v) is 2.41. The van der Waals surface area contributed by atoms with Gasteiger partial charge >= 0.3 is 0 Å². The third-order valence-electron chi connectivity index (χ3n) is 3.50. The molecule has 0 amide bonds. The first-order valence-corrected chi connectivity index (χ1v) is 6.37. The number of aromatic nitrogens is 1. The van der Waals surface area contributed by atoms with Gasteiger partial charge in [0, 0.05) is 11.6 Å². The summed E-state index contributed by atoms with van der Waals surface area (Å²) in [6.45, 7) is 4.24. The fourth-order valence-electron chi connectivity index (χ4n) is 2.41. The van der Waals surface area contributed by atoms with Gasteiger partial charge in [0.05, 0.1) is 0 Å². The van der Waals surface area contributed by atoms with Crippen molar-refractivity contribution in [3.63, 3.8) is 0 Å². The van der Waals surface area contributed by atoms with Crippen molar-refractivity contribution in [3.05, 3.63) is 59.8 Å². The van der Waals surface area contributed by atoms with Crippen LogP contribution in [-0.2, 0) is 0 Å². The molecule has 0 aliphatic heterocycles. The lowest BCUT2D eigenvalue weighted by molar-refractivity contribution is 1.36. The molecule has 1 aromatic heterocycles. The van der Waals surface area contributed by atoms with Crippen molar-refractivity contribution in [1.29, 1.82) is 0 Å². The summed E-state index contributed by atoms with van der Waals surface area (Å²) < 4.78 is 0. The van der Waals surface area contributed by atoms with Gasteiger partial charge < -0.3 is 5.73 Å². The van der Waals surface area contributed by atoms with E-state index in [1.54, 1.807) is 6.20 Å². The zero-order valence-corrected chi connectivity index (χ0v) is 11.1. The zero-order valence-electron chi connectivity index (χ0n) is 11.1. The Labute approximate surface area is 112 Å². The van der Waals surface area contributed by atoms with Gasteiger partial charge in [-0.15, -0.1) is 0 Å².